The maximum atomic E-state index is 13.9. The molecule has 28 heavy (non-hydrogen) atoms. The van der Waals surface area contributed by atoms with Crippen molar-refractivity contribution >= 4 is 11.9 Å². The number of carbonyl (C=O) groups excluding carboxylic acids is 1. The SMILES string of the molecule is C[C@@H](Nc1nnc([C@@H]2C[C@@H]2c2ccccc2F)o1)C(=O)N1CCC2(CC1)CC2.[HH]. The molecule has 1 amide bonds. The van der Waals surface area contributed by atoms with E-state index in [2.05, 4.69) is 15.5 Å². The van der Waals surface area contributed by atoms with E-state index in [1.54, 1.807) is 12.1 Å². The van der Waals surface area contributed by atoms with Crippen molar-refractivity contribution in [2.75, 3.05) is 18.4 Å². The topological polar surface area (TPSA) is 71.3 Å². The van der Waals surface area contributed by atoms with Crippen LogP contribution in [0.2, 0.25) is 0 Å². The first kappa shape index (κ1) is 17.6. The Hall–Kier alpha value is -2.44. The number of rotatable bonds is 5. The number of amides is 1. The Kier molecular flexibility index (Phi) is 4.14. The highest BCUT2D eigenvalue weighted by molar-refractivity contribution is 5.83. The number of benzene rings is 1. The fourth-order valence-electron chi connectivity index (χ4n) is 4.43. The number of likely N-dealkylation sites (tertiary alicyclic amines) is 1. The van der Waals surface area contributed by atoms with Gasteiger partial charge in [0, 0.05) is 20.4 Å². The molecule has 0 unspecified atom stereocenters. The second-order valence-electron chi connectivity index (χ2n) is 8.61. The number of hydrogen-bond acceptors (Lipinski definition) is 5. The molecule has 1 aromatic heterocycles. The summed E-state index contributed by atoms with van der Waals surface area (Å²) in [6, 6.07) is 6.66. The number of hydrogen-bond donors (Lipinski definition) is 1. The van der Waals surface area contributed by atoms with Gasteiger partial charge in [-0.2, -0.15) is 0 Å². The molecular formula is C21H27FN4O2. The number of anilines is 1. The van der Waals surface area contributed by atoms with Crippen LogP contribution in [0.3, 0.4) is 0 Å². The van der Waals surface area contributed by atoms with Gasteiger partial charge in [0.25, 0.3) is 0 Å². The molecule has 2 saturated carbocycles. The third-order valence-corrected chi connectivity index (χ3v) is 6.66. The lowest BCUT2D eigenvalue weighted by Crippen LogP contribution is -2.45. The number of halogens is 1. The van der Waals surface area contributed by atoms with E-state index in [0.717, 1.165) is 32.4 Å². The minimum Gasteiger partial charge on any atom is -0.408 e. The molecule has 1 spiro atoms. The van der Waals surface area contributed by atoms with Gasteiger partial charge in [0.2, 0.25) is 11.8 Å². The quantitative estimate of drug-likeness (QED) is 0.843. The fraction of sp³-hybridized carbons (Fsp3) is 0.571. The fourth-order valence-corrected chi connectivity index (χ4v) is 4.43. The van der Waals surface area contributed by atoms with Crippen molar-refractivity contribution in [3.05, 3.63) is 41.5 Å². The lowest BCUT2D eigenvalue weighted by atomic mass is 9.93. The molecule has 0 bridgehead atoms. The summed E-state index contributed by atoms with van der Waals surface area (Å²) in [5.41, 5.74) is 1.25. The van der Waals surface area contributed by atoms with Gasteiger partial charge >= 0.3 is 6.01 Å². The summed E-state index contributed by atoms with van der Waals surface area (Å²) >= 11 is 0. The molecule has 2 aromatic rings. The van der Waals surface area contributed by atoms with Crippen LogP contribution in [-0.2, 0) is 4.79 Å². The summed E-state index contributed by atoms with van der Waals surface area (Å²) in [6.45, 7) is 3.51. The van der Waals surface area contributed by atoms with Crippen LogP contribution in [0.1, 0.15) is 63.7 Å². The van der Waals surface area contributed by atoms with Gasteiger partial charge in [-0.3, -0.25) is 4.79 Å². The minimum atomic E-state index is -0.414. The summed E-state index contributed by atoms with van der Waals surface area (Å²) in [5, 5.41) is 11.2. The Balaban J connectivity index is 0.00000205. The van der Waals surface area contributed by atoms with Gasteiger partial charge in [-0.05, 0) is 62.0 Å². The van der Waals surface area contributed by atoms with Crippen LogP contribution in [0.25, 0.3) is 0 Å². The molecule has 5 rings (SSSR count). The first-order valence-corrected chi connectivity index (χ1v) is 10.2. The Morgan fingerprint density at radius 3 is 2.71 bits per heavy atom. The summed E-state index contributed by atoms with van der Waals surface area (Å²) in [5.74, 6) is 0.510. The van der Waals surface area contributed by atoms with Crippen molar-refractivity contribution in [2.45, 2.75) is 56.9 Å². The van der Waals surface area contributed by atoms with Crippen molar-refractivity contribution in [3.63, 3.8) is 0 Å². The lowest BCUT2D eigenvalue weighted by molar-refractivity contribution is -0.133. The molecule has 7 heteroatoms. The largest absolute Gasteiger partial charge is 0.408 e. The Morgan fingerprint density at radius 1 is 1.25 bits per heavy atom. The van der Waals surface area contributed by atoms with E-state index in [0.29, 0.717) is 16.9 Å². The Labute approximate surface area is 165 Å². The van der Waals surface area contributed by atoms with E-state index in [4.69, 9.17) is 4.42 Å². The number of nitrogens with one attached hydrogen (secondary N) is 1. The van der Waals surface area contributed by atoms with Crippen LogP contribution in [-0.4, -0.2) is 40.1 Å². The second kappa shape index (κ2) is 6.57. The zero-order chi connectivity index (χ0) is 19.3. The van der Waals surface area contributed by atoms with Gasteiger partial charge in [-0.1, -0.05) is 23.3 Å². The molecular weight excluding hydrogens is 359 g/mol. The zero-order valence-electron chi connectivity index (χ0n) is 16.0. The summed E-state index contributed by atoms with van der Waals surface area (Å²) in [7, 11) is 0. The van der Waals surface area contributed by atoms with Crippen LogP contribution in [0.15, 0.2) is 28.7 Å². The Bertz CT molecular complexity index is 890. The molecule has 1 saturated heterocycles. The van der Waals surface area contributed by atoms with Crippen LogP contribution in [0.4, 0.5) is 10.4 Å². The average Bonchev–Trinajstić information content (AvgIpc) is 3.61. The normalized spacial score (nSPS) is 26.1. The maximum absolute atomic E-state index is 13.9. The first-order chi connectivity index (χ1) is 13.5. The van der Waals surface area contributed by atoms with Gasteiger partial charge in [0.1, 0.15) is 11.9 Å². The standard InChI is InChI=1S/C21H25FN4O2.H2/c1-13(19(27)26-10-8-21(6-7-21)9-11-26)23-20-25-24-18(28-20)16-12-15(16)14-4-2-3-5-17(14)22;/h2-5,13,15-16H,6-12H2,1H3,(H,23,25);1H/t13-,15-,16-;/m1./s1. The van der Waals surface area contributed by atoms with Crippen LogP contribution < -0.4 is 5.32 Å². The predicted octanol–water partition coefficient (Wildman–Crippen LogP) is 3.93. The molecule has 3 fully saturated rings. The van der Waals surface area contributed by atoms with Gasteiger partial charge in [-0.25, -0.2) is 4.39 Å². The summed E-state index contributed by atoms with van der Waals surface area (Å²) in [4.78, 5) is 14.6. The number of carbonyl (C=O) groups is 1. The van der Waals surface area contributed by atoms with Crippen molar-refractivity contribution < 1.29 is 15.0 Å². The van der Waals surface area contributed by atoms with E-state index in [9.17, 15) is 9.18 Å². The Morgan fingerprint density at radius 2 is 2.00 bits per heavy atom. The molecule has 1 aliphatic heterocycles. The molecule has 1 N–H and O–H groups in total. The molecule has 3 aliphatic rings. The molecule has 0 radical (unpaired) electrons. The molecule has 150 valence electrons. The van der Waals surface area contributed by atoms with E-state index >= 15 is 0 Å². The highest BCUT2D eigenvalue weighted by Crippen LogP contribution is 2.55. The monoisotopic (exact) mass is 386 g/mol. The minimum absolute atomic E-state index is 0. The van der Waals surface area contributed by atoms with Gasteiger partial charge < -0.3 is 14.6 Å². The zero-order valence-corrected chi connectivity index (χ0v) is 16.0. The molecule has 2 heterocycles. The van der Waals surface area contributed by atoms with Crippen molar-refractivity contribution in [3.8, 4) is 0 Å². The first-order valence-electron chi connectivity index (χ1n) is 10.2. The smallest absolute Gasteiger partial charge is 0.316 e. The third kappa shape index (κ3) is 3.27. The second-order valence-corrected chi connectivity index (χ2v) is 8.61. The number of aromatic nitrogens is 2. The van der Waals surface area contributed by atoms with Gasteiger partial charge in [-0.15, -0.1) is 5.10 Å². The number of nitrogens with zero attached hydrogens (tertiary/aromatic N) is 3. The third-order valence-electron chi connectivity index (χ3n) is 6.66. The average molecular weight is 386 g/mol. The molecule has 1 aromatic carbocycles. The molecule has 6 nitrogen and oxygen atoms in total. The van der Waals surface area contributed by atoms with E-state index < -0.39 is 6.04 Å². The lowest BCUT2D eigenvalue weighted by Gasteiger charge is -2.33. The van der Waals surface area contributed by atoms with E-state index in [1.165, 1.54) is 18.9 Å². The van der Waals surface area contributed by atoms with Gasteiger partial charge in [0.05, 0.1) is 0 Å². The summed E-state index contributed by atoms with van der Waals surface area (Å²) in [6.07, 6.45) is 5.68. The van der Waals surface area contributed by atoms with Crippen molar-refractivity contribution in [1.29, 1.82) is 0 Å². The number of piperidine rings is 1. The highest BCUT2D eigenvalue weighted by atomic mass is 19.1. The maximum Gasteiger partial charge on any atom is 0.316 e. The summed E-state index contributed by atoms with van der Waals surface area (Å²) < 4.78 is 19.7. The predicted molar refractivity (Wildman–Crippen MR) is 103 cm³/mol. The van der Waals surface area contributed by atoms with Gasteiger partial charge in [0.15, 0.2) is 0 Å². The highest BCUT2D eigenvalue weighted by Gasteiger charge is 2.46. The van der Waals surface area contributed by atoms with Crippen LogP contribution >= 0.6 is 0 Å². The van der Waals surface area contributed by atoms with Crippen molar-refractivity contribution in [2.24, 2.45) is 5.41 Å². The van der Waals surface area contributed by atoms with Crippen LogP contribution in [0, 0.1) is 11.2 Å². The molecule has 2 aliphatic carbocycles. The molecule has 3 atom stereocenters. The van der Waals surface area contributed by atoms with E-state index in [-0.39, 0.29) is 31.0 Å². The van der Waals surface area contributed by atoms with E-state index in [1.807, 2.05) is 17.9 Å². The van der Waals surface area contributed by atoms with Crippen molar-refractivity contribution in [1.82, 2.24) is 15.1 Å². The van der Waals surface area contributed by atoms with Crippen LogP contribution in [0.5, 0.6) is 0 Å².